The van der Waals surface area contributed by atoms with Crippen molar-refractivity contribution >= 4 is 11.5 Å². The molecule has 3 nitrogen and oxygen atoms in total. The standard InChI is InChI=1S/C17H17FN2O/c1-12(13-6-10-16(21-3)11-7-13)20-17(19-2)14-4-8-15(18)9-5-14/h4-11H,1-3H3. The van der Waals surface area contributed by atoms with E-state index in [1.54, 1.807) is 26.3 Å². The molecule has 0 heterocycles. The highest BCUT2D eigenvalue weighted by atomic mass is 19.1. The van der Waals surface area contributed by atoms with Crippen LogP contribution in [0.5, 0.6) is 5.75 Å². The molecular formula is C17H17FN2O. The molecule has 0 N–H and O–H groups in total. The number of amidine groups is 1. The molecule has 0 spiro atoms. The molecule has 0 aromatic heterocycles. The molecule has 2 aromatic rings. The van der Waals surface area contributed by atoms with Gasteiger partial charge >= 0.3 is 0 Å². The maximum absolute atomic E-state index is 13.0. The molecule has 0 bridgehead atoms. The number of aliphatic imine (C=N–C) groups is 2. The molecule has 2 aromatic carbocycles. The first-order chi connectivity index (χ1) is 10.1. The van der Waals surface area contributed by atoms with Crippen LogP contribution in [0, 0.1) is 5.82 Å². The maximum Gasteiger partial charge on any atom is 0.154 e. The third-order valence-electron chi connectivity index (χ3n) is 3.10. The second-order valence-corrected chi connectivity index (χ2v) is 4.48. The number of hydrogen-bond acceptors (Lipinski definition) is 2. The molecule has 0 amide bonds. The predicted molar refractivity (Wildman–Crippen MR) is 84.1 cm³/mol. The number of halogens is 1. The summed E-state index contributed by atoms with van der Waals surface area (Å²) in [4.78, 5) is 8.69. The molecule has 0 aliphatic carbocycles. The van der Waals surface area contributed by atoms with E-state index in [-0.39, 0.29) is 5.82 Å². The van der Waals surface area contributed by atoms with Crippen LogP contribution >= 0.6 is 0 Å². The molecule has 2 rings (SSSR count). The minimum atomic E-state index is -0.273. The summed E-state index contributed by atoms with van der Waals surface area (Å²) >= 11 is 0. The van der Waals surface area contributed by atoms with Crippen molar-refractivity contribution in [1.29, 1.82) is 0 Å². The normalized spacial score (nSPS) is 12.4. The molecule has 0 atom stereocenters. The molecular weight excluding hydrogens is 267 g/mol. The largest absolute Gasteiger partial charge is 0.497 e. The van der Waals surface area contributed by atoms with E-state index in [1.165, 1.54) is 12.1 Å². The minimum Gasteiger partial charge on any atom is -0.497 e. The van der Waals surface area contributed by atoms with E-state index in [1.807, 2.05) is 31.2 Å². The average molecular weight is 284 g/mol. The quantitative estimate of drug-likeness (QED) is 0.624. The maximum atomic E-state index is 13.0. The predicted octanol–water partition coefficient (Wildman–Crippen LogP) is 3.72. The first-order valence-corrected chi connectivity index (χ1v) is 6.56. The molecule has 0 saturated heterocycles. The lowest BCUT2D eigenvalue weighted by molar-refractivity contribution is 0.415. The van der Waals surface area contributed by atoms with E-state index in [9.17, 15) is 4.39 Å². The fraction of sp³-hybridized carbons (Fsp3) is 0.176. The van der Waals surface area contributed by atoms with Crippen LogP contribution in [0.1, 0.15) is 18.1 Å². The van der Waals surface area contributed by atoms with Crippen LogP contribution in [0.15, 0.2) is 58.5 Å². The average Bonchev–Trinajstić information content (AvgIpc) is 2.53. The van der Waals surface area contributed by atoms with Gasteiger partial charge in [0.1, 0.15) is 11.6 Å². The summed E-state index contributed by atoms with van der Waals surface area (Å²) in [5.74, 6) is 1.10. The van der Waals surface area contributed by atoms with Gasteiger partial charge in [-0.2, -0.15) is 0 Å². The smallest absolute Gasteiger partial charge is 0.154 e. The summed E-state index contributed by atoms with van der Waals surface area (Å²) in [7, 11) is 3.30. The topological polar surface area (TPSA) is 34.0 Å². The van der Waals surface area contributed by atoms with E-state index in [0.29, 0.717) is 5.84 Å². The number of benzene rings is 2. The summed E-state index contributed by atoms with van der Waals surface area (Å²) in [6, 6.07) is 13.8. The molecule has 4 heteroatoms. The first kappa shape index (κ1) is 14.9. The van der Waals surface area contributed by atoms with Crippen LogP contribution < -0.4 is 4.74 Å². The zero-order chi connectivity index (χ0) is 15.2. The Morgan fingerprint density at radius 2 is 1.52 bits per heavy atom. The fourth-order valence-electron chi connectivity index (χ4n) is 1.90. The molecule has 0 aliphatic heterocycles. The number of nitrogens with zero attached hydrogens (tertiary/aromatic N) is 2. The molecule has 21 heavy (non-hydrogen) atoms. The zero-order valence-corrected chi connectivity index (χ0v) is 12.3. The van der Waals surface area contributed by atoms with Crippen LogP contribution in [0.4, 0.5) is 4.39 Å². The van der Waals surface area contributed by atoms with Gasteiger partial charge in [0.2, 0.25) is 0 Å². The Balaban J connectivity index is 2.28. The van der Waals surface area contributed by atoms with Crippen LogP contribution in [0.3, 0.4) is 0 Å². The highest BCUT2D eigenvalue weighted by Crippen LogP contribution is 2.13. The summed E-state index contributed by atoms with van der Waals surface area (Å²) in [6.45, 7) is 1.91. The van der Waals surface area contributed by atoms with Gasteiger partial charge in [-0.3, -0.25) is 4.99 Å². The van der Waals surface area contributed by atoms with E-state index in [4.69, 9.17) is 4.74 Å². The van der Waals surface area contributed by atoms with Crippen molar-refractivity contribution in [2.45, 2.75) is 6.92 Å². The van der Waals surface area contributed by atoms with Gasteiger partial charge in [-0.1, -0.05) is 0 Å². The molecule has 0 fully saturated rings. The van der Waals surface area contributed by atoms with Crippen LogP contribution in [-0.4, -0.2) is 25.7 Å². The third kappa shape index (κ3) is 3.75. The Hall–Kier alpha value is -2.49. The Kier molecular flexibility index (Phi) is 4.82. The van der Waals surface area contributed by atoms with Crippen molar-refractivity contribution in [3.05, 3.63) is 65.5 Å². The van der Waals surface area contributed by atoms with Gasteiger partial charge in [-0.25, -0.2) is 9.38 Å². The Morgan fingerprint density at radius 1 is 0.952 bits per heavy atom. The fourth-order valence-corrected chi connectivity index (χ4v) is 1.90. The zero-order valence-electron chi connectivity index (χ0n) is 12.3. The minimum absolute atomic E-state index is 0.273. The van der Waals surface area contributed by atoms with Crippen molar-refractivity contribution in [1.82, 2.24) is 0 Å². The second kappa shape index (κ2) is 6.79. The van der Waals surface area contributed by atoms with Gasteiger partial charge in [0.05, 0.1) is 7.11 Å². The summed E-state index contributed by atoms with van der Waals surface area (Å²) in [5.41, 5.74) is 2.61. The van der Waals surface area contributed by atoms with E-state index >= 15 is 0 Å². The molecule has 0 aliphatic rings. The highest BCUT2D eigenvalue weighted by Gasteiger charge is 2.04. The number of rotatable bonds is 3. The Labute approximate surface area is 123 Å². The lowest BCUT2D eigenvalue weighted by Gasteiger charge is -2.05. The second-order valence-electron chi connectivity index (χ2n) is 4.48. The van der Waals surface area contributed by atoms with Gasteiger partial charge in [-0.15, -0.1) is 0 Å². The van der Waals surface area contributed by atoms with E-state index in [2.05, 4.69) is 9.98 Å². The molecule has 108 valence electrons. The van der Waals surface area contributed by atoms with Crippen molar-refractivity contribution in [3.8, 4) is 5.75 Å². The summed E-state index contributed by atoms with van der Waals surface area (Å²) < 4.78 is 18.1. The van der Waals surface area contributed by atoms with Crippen molar-refractivity contribution in [2.75, 3.05) is 14.2 Å². The number of hydrogen-bond donors (Lipinski definition) is 0. The van der Waals surface area contributed by atoms with Crippen LogP contribution in [0.25, 0.3) is 0 Å². The summed E-state index contributed by atoms with van der Waals surface area (Å²) in [5, 5.41) is 0. The third-order valence-corrected chi connectivity index (χ3v) is 3.10. The van der Waals surface area contributed by atoms with E-state index < -0.39 is 0 Å². The van der Waals surface area contributed by atoms with Gasteiger partial charge in [-0.05, 0) is 61.0 Å². The van der Waals surface area contributed by atoms with Crippen LogP contribution in [-0.2, 0) is 0 Å². The Bertz CT molecular complexity index is 658. The Morgan fingerprint density at radius 3 is 2.05 bits per heavy atom. The van der Waals surface area contributed by atoms with E-state index in [0.717, 1.165) is 22.6 Å². The summed E-state index contributed by atoms with van der Waals surface area (Å²) in [6.07, 6.45) is 0. The van der Waals surface area contributed by atoms with Crippen molar-refractivity contribution in [3.63, 3.8) is 0 Å². The van der Waals surface area contributed by atoms with Gasteiger partial charge < -0.3 is 4.74 Å². The lowest BCUT2D eigenvalue weighted by atomic mass is 10.1. The molecule has 0 unspecified atom stereocenters. The van der Waals surface area contributed by atoms with Crippen molar-refractivity contribution < 1.29 is 9.13 Å². The highest BCUT2D eigenvalue weighted by molar-refractivity contribution is 6.11. The van der Waals surface area contributed by atoms with Crippen molar-refractivity contribution in [2.24, 2.45) is 9.98 Å². The van der Waals surface area contributed by atoms with Gasteiger partial charge in [0, 0.05) is 18.3 Å². The number of methoxy groups -OCH3 is 1. The SMILES string of the molecule is CN=C(N=C(C)c1ccc(OC)cc1)c1ccc(F)cc1. The molecule has 0 saturated carbocycles. The van der Waals surface area contributed by atoms with Crippen LogP contribution in [0.2, 0.25) is 0 Å². The monoisotopic (exact) mass is 284 g/mol. The van der Waals surface area contributed by atoms with Gasteiger partial charge in [0.15, 0.2) is 5.84 Å². The molecule has 0 radical (unpaired) electrons. The number of ether oxygens (including phenoxy) is 1. The van der Waals surface area contributed by atoms with Gasteiger partial charge in [0.25, 0.3) is 0 Å². The first-order valence-electron chi connectivity index (χ1n) is 6.56. The lowest BCUT2D eigenvalue weighted by Crippen LogP contribution is -2.03.